The molecule has 5 nitrogen and oxygen atoms in total. The highest BCUT2D eigenvalue weighted by atomic mass is 16.5. The number of ether oxygens (including phenoxy) is 1. The molecule has 1 rings (SSSR count). The summed E-state index contributed by atoms with van der Waals surface area (Å²) in [4.78, 5) is 24.5. The molecule has 0 radical (unpaired) electrons. The van der Waals surface area contributed by atoms with E-state index in [1.807, 2.05) is 0 Å². The van der Waals surface area contributed by atoms with Crippen LogP contribution in [0.4, 0.5) is 0 Å². The summed E-state index contributed by atoms with van der Waals surface area (Å²) in [5.74, 6) is -0.618. The number of hydrogen-bond acceptors (Lipinski definition) is 4. The van der Waals surface area contributed by atoms with Gasteiger partial charge >= 0.3 is 5.97 Å². The van der Waals surface area contributed by atoms with Crippen LogP contribution in [0.1, 0.15) is 33.6 Å². The van der Waals surface area contributed by atoms with Gasteiger partial charge in [0.2, 0.25) is 5.91 Å². The van der Waals surface area contributed by atoms with Gasteiger partial charge in [0.25, 0.3) is 0 Å². The van der Waals surface area contributed by atoms with Gasteiger partial charge in [0.15, 0.2) is 0 Å². The Bertz CT molecular complexity index is 295. The van der Waals surface area contributed by atoms with Crippen molar-refractivity contribution in [3.05, 3.63) is 0 Å². The first-order valence-electron chi connectivity index (χ1n) is 6.00. The van der Waals surface area contributed by atoms with E-state index in [0.717, 1.165) is 6.42 Å². The molecule has 1 aliphatic rings. The summed E-state index contributed by atoms with van der Waals surface area (Å²) < 4.78 is 4.73. The number of carbonyl (C=O) groups excluding carboxylic acids is 2. The number of hydrogen-bond donors (Lipinski definition) is 1. The van der Waals surface area contributed by atoms with E-state index >= 15 is 0 Å². The highest BCUT2D eigenvalue weighted by Gasteiger charge is 2.35. The van der Waals surface area contributed by atoms with Crippen LogP contribution in [0.5, 0.6) is 0 Å². The van der Waals surface area contributed by atoms with Crippen molar-refractivity contribution in [2.45, 2.75) is 39.2 Å². The molecule has 0 aromatic carbocycles. The topological polar surface area (TPSA) is 66.8 Å². The summed E-state index contributed by atoms with van der Waals surface area (Å²) in [6, 6.07) is 0. The lowest BCUT2D eigenvalue weighted by atomic mass is 9.90. The van der Waals surface area contributed by atoms with Crippen LogP contribution in [0.15, 0.2) is 0 Å². The maximum absolute atomic E-state index is 11.7. The number of likely N-dealkylation sites (tertiary alicyclic amines) is 1. The molecule has 0 aromatic heterocycles. The van der Waals surface area contributed by atoms with Crippen LogP contribution in [0.2, 0.25) is 0 Å². The first-order chi connectivity index (χ1) is 7.84. The lowest BCUT2D eigenvalue weighted by molar-refractivity contribution is -0.148. The fourth-order valence-corrected chi connectivity index (χ4v) is 2.01. The monoisotopic (exact) mass is 243 g/mol. The van der Waals surface area contributed by atoms with Crippen LogP contribution in [0, 0.1) is 5.92 Å². The predicted molar refractivity (Wildman–Crippen MR) is 62.2 cm³/mol. The molecule has 17 heavy (non-hydrogen) atoms. The highest BCUT2D eigenvalue weighted by Crippen LogP contribution is 2.27. The average molecular weight is 243 g/mol. The molecule has 1 unspecified atom stereocenters. The molecule has 1 N–H and O–H groups in total. The van der Waals surface area contributed by atoms with Crippen molar-refractivity contribution in [2.24, 2.45) is 5.92 Å². The lowest BCUT2D eigenvalue weighted by Crippen LogP contribution is -2.36. The molecular weight excluding hydrogens is 222 g/mol. The molecule has 1 fully saturated rings. The maximum atomic E-state index is 11.7. The smallest absolute Gasteiger partial charge is 0.315 e. The van der Waals surface area contributed by atoms with Crippen molar-refractivity contribution in [2.75, 3.05) is 19.7 Å². The van der Waals surface area contributed by atoms with Gasteiger partial charge in [-0.05, 0) is 27.2 Å². The summed E-state index contributed by atoms with van der Waals surface area (Å²) >= 11 is 0. The van der Waals surface area contributed by atoms with Gasteiger partial charge in [-0.1, -0.05) is 0 Å². The summed E-state index contributed by atoms with van der Waals surface area (Å²) in [5, 5.41) is 9.85. The Hall–Kier alpha value is -1.10. The number of nitrogens with zero attached hydrogens (tertiary/aromatic N) is 1. The van der Waals surface area contributed by atoms with E-state index in [9.17, 15) is 14.7 Å². The number of rotatable bonds is 4. The molecule has 5 heteroatoms. The van der Waals surface area contributed by atoms with Gasteiger partial charge in [-0.2, -0.15) is 0 Å². The van der Waals surface area contributed by atoms with E-state index in [4.69, 9.17) is 4.74 Å². The van der Waals surface area contributed by atoms with Crippen LogP contribution < -0.4 is 0 Å². The van der Waals surface area contributed by atoms with E-state index in [2.05, 4.69) is 0 Å². The quantitative estimate of drug-likeness (QED) is 0.578. The van der Waals surface area contributed by atoms with Crippen LogP contribution in [-0.4, -0.2) is 47.2 Å². The molecule has 1 aliphatic heterocycles. The van der Waals surface area contributed by atoms with Gasteiger partial charge in [-0.3, -0.25) is 9.59 Å². The second-order valence-electron chi connectivity index (χ2n) is 4.96. The standard InChI is InChI=1S/C12H21NO4/c1-4-17-11(15)7-10(14)13-6-5-9(8-13)12(2,3)16/h9,16H,4-8H2,1-3H3. The maximum Gasteiger partial charge on any atom is 0.315 e. The van der Waals surface area contributed by atoms with Gasteiger partial charge in [-0.25, -0.2) is 0 Å². The van der Waals surface area contributed by atoms with Gasteiger partial charge in [-0.15, -0.1) is 0 Å². The Balaban J connectivity index is 2.43. The Labute approximate surface area is 102 Å². The van der Waals surface area contributed by atoms with E-state index in [0.29, 0.717) is 19.7 Å². The molecule has 0 spiro atoms. The zero-order chi connectivity index (χ0) is 13.1. The van der Waals surface area contributed by atoms with Gasteiger partial charge < -0.3 is 14.7 Å². The lowest BCUT2D eigenvalue weighted by Gasteiger charge is -2.25. The van der Waals surface area contributed by atoms with Crippen molar-refractivity contribution in [1.82, 2.24) is 4.90 Å². The fourth-order valence-electron chi connectivity index (χ4n) is 2.01. The number of amides is 1. The van der Waals surface area contributed by atoms with Crippen molar-refractivity contribution in [1.29, 1.82) is 0 Å². The molecular formula is C12H21NO4. The molecule has 98 valence electrons. The molecule has 0 aromatic rings. The van der Waals surface area contributed by atoms with Crippen LogP contribution in [0.3, 0.4) is 0 Å². The third-order valence-corrected chi connectivity index (χ3v) is 3.14. The van der Waals surface area contributed by atoms with Crippen molar-refractivity contribution in [3.63, 3.8) is 0 Å². The average Bonchev–Trinajstić information content (AvgIpc) is 2.65. The predicted octanol–water partition coefficient (Wildman–Crippen LogP) is 0.559. The zero-order valence-corrected chi connectivity index (χ0v) is 10.7. The zero-order valence-electron chi connectivity index (χ0n) is 10.7. The molecule has 1 heterocycles. The Kier molecular flexibility index (Phi) is 4.51. The van der Waals surface area contributed by atoms with Crippen molar-refractivity contribution >= 4 is 11.9 Å². The highest BCUT2D eigenvalue weighted by molar-refractivity contribution is 5.94. The second kappa shape index (κ2) is 5.49. The Morgan fingerprint density at radius 1 is 1.47 bits per heavy atom. The molecule has 1 amide bonds. The van der Waals surface area contributed by atoms with Crippen molar-refractivity contribution < 1.29 is 19.4 Å². The first-order valence-corrected chi connectivity index (χ1v) is 6.00. The number of carbonyl (C=O) groups is 2. The summed E-state index contributed by atoms with van der Waals surface area (Å²) in [5.41, 5.74) is -0.779. The first kappa shape index (κ1) is 14.0. The van der Waals surface area contributed by atoms with Crippen LogP contribution in [0.25, 0.3) is 0 Å². The minimum absolute atomic E-state index is 0.0774. The Morgan fingerprint density at radius 3 is 2.59 bits per heavy atom. The minimum Gasteiger partial charge on any atom is -0.466 e. The van der Waals surface area contributed by atoms with E-state index in [1.54, 1.807) is 25.7 Å². The molecule has 0 aliphatic carbocycles. The molecule has 1 atom stereocenters. The molecule has 0 saturated carbocycles. The van der Waals surface area contributed by atoms with Gasteiger partial charge in [0, 0.05) is 19.0 Å². The van der Waals surface area contributed by atoms with E-state index in [-0.39, 0.29) is 18.2 Å². The summed E-state index contributed by atoms with van der Waals surface area (Å²) in [7, 11) is 0. The number of aliphatic hydroxyl groups is 1. The van der Waals surface area contributed by atoms with Crippen LogP contribution in [-0.2, 0) is 14.3 Å². The number of esters is 1. The molecule has 1 saturated heterocycles. The molecule has 0 bridgehead atoms. The SMILES string of the molecule is CCOC(=O)CC(=O)N1CCC(C(C)(C)O)C1. The third-order valence-electron chi connectivity index (χ3n) is 3.14. The largest absolute Gasteiger partial charge is 0.466 e. The van der Waals surface area contributed by atoms with Gasteiger partial charge in [0.05, 0.1) is 12.2 Å². The van der Waals surface area contributed by atoms with Gasteiger partial charge in [0.1, 0.15) is 6.42 Å². The Morgan fingerprint density at radius 2 is 2.12 bits per heavy atom. The third kappa shape index (κ3) is 4.00. The second-order valence-corrected chi connectivity index (χ2v) is 4.96. The normalized spacial score (nSPS) is 20.5. The van der Waals surface area contributed by atoms with Crippen LogP contribution >= 0.6 is 0 Å². The fraction of sp³-hybridized carbons (Fsp3) is 0.833. The minimum atomic E-state index is -0.779. The summed E-state index contributed by atoms with van der Waals surface area (Å²) in [6.45, 7) is 6.61. The van der Waals surface area contributed by atoms with Crippen molar-refractivity contribution in [3.8, 4) is 0 Å². The summed E-state index contributed by atoms with van der Waals surface area (Å²) in [6.07, 6.45) is 0.574. The van der Waals surface area contributed by atoms with E-state index in [1.165, 1.54) is 0 Å². The van der Waals surface area contributed by atoms with E-state index < -0.39 is 11.6 Å².